The molecule has 1 atom stereocenters. The molecule has 78 valence electrons. The Balaban J connectivity index is 2.05. The zero-order valence-electron chi connectivity index (χ0n) is 7.75. The van der Waals surface area contributed by atoms with E-state index in [1.165, 1.54) is 4.90 Å². The highest BCUT2D eigenvalue weighted by atomic mass is 16.5. The number of aromatic amines is 1. The Bertz CT molecular complexity index is 383. The first-order chi connectivity index (χ1) is 7.31. The number of aromatic nitrogens is 4. The van der Waals surface area contributed by atoms with Crippen LogP contribution in [-0.4, -0.2) is 57.2 Å². The molecule has 2 heterocycles. The maximum absolute atomic E-state index is 11.7. The fraction of sp³-hybridized carbons (Fsp3) is 0.571. The lowest BCUT2D eigenvalue weighted by Crippen LogP contribution is -2.45. The molecule has 0 bridgehead atoms. The summed E-state index contributed by atoms with van der Waals surface area (Å²) < 4.78 is 5.11. The average molecular weight is 208 g/mol. The number of carbonyl (C=O) groups excluding carboxylic acids is 1. The Morgan fingerprint density at radius 1 is 1.73 bits per heavy atom. The third-order valence-corrected chi connectivity index (χ3v) is 2.03. The third kappa shape index (κ3) is 1.92. The fourth-order valence-electron chi connectivity index (χ4n) is 1.31. The minimum atomic E-state index is -0.574. The van der Waals surface area contributed by atoms with Crippen molar-refractivity contribution in [1.29, 1.82) is 5.26 Å². The van der Waals surface area contributed by atoms with Crippen LogP contribution >= 0.6 is 0 Å². The molecule has 0 spiro atoms. The summed E-state index contributed by atoms with van der Waals surface area (Å²) in [7, 11) is 0. The number of carbonyl (C=O) groups is 1. The molecule has 0 aliphatic carbocycles. The van der Waals surface area contributed by atoms with Gasteiger partial charge in [-0.15, -0.1) is 10.2 Å². The van der Waals surface area contributed by atoms with Gasteiger partial charge in [-0.05, 0) is 5.21 Å². The Kier molecular flexibility index (Phi) is 2.55. The lowest BCUT2D eigenvalue weighted by molar-refractivity contribution is 0.00291. The second kappa shape index (κ2) is 4.02. The lowest BCUT2D eigenvalue weighted by Gasteiger charge is -2.28. The van der Waals surface area contributed by atoms with Gasteiger partial charge in [-0.1, -0.05) is 0 Å². The quantitative estimate of drug-likeness (QED) is 0.605. The standard InChI is InChI=1S/C7H8N6O2/c8-3-5-4-13(1-2-15-5)7(14)6-9-11-12-10-6/h5H,1-2,4H2,(H,9,10,11,12). The molecule has 2 rings (SSSR count). The van der Waals surface area contributed by atoms with Crippen molar-refractivity contribution in [1.82, 2.24) is 25.5 Å². The van der Waals surface area contributed by atoms with Gasteiger partial charge in [0.1, 0.15) is 0 Å². The van der Waals surface area contributed by atoms with Crippen molar-refractivity contribution in [3.63, 3.8) is 0 Å². The van der Waals surface area contributed by atoms with E-state index in [1.54, 1.807) is 0 Å². The Morgan fingerprint density at radius 2 is 2.60 bits per heavy atom. The summed E-state index contributed by atoms with van der Waals surface area (Å²) in [5.41, 5.74) is 0. The number of ether oxygens (including phenoxy) is 1. The highest BCUT2D eigenvalue weighted by Gasteiger charge is 2.26. The van der Waals surface area contributed by atoms with Crippen molar-refractivity contribution in [3.05, 3.63) is 5.82 Å². The van der Waals surface area contributed by atoms with Crippen LogP contribution < -0.4 is 0 Å². The van der Waals surface area contributed by atoms with Crippen LogP contribution in [-0.2, 0) is 4.74 Å². The van der Waals surface area contributed by atoms with E-state index in [2.05, 4.69) is 20.6 Å². The van der Waals surface area contributed by atoms with Crippen molar-refractivity contribution in [3.8, 4) is 6.07 Å². The summed E-state index contributed by atoms with van der Waals surface area (Å²) in [5, 5.41) is 21.3. The van der Waals surface area contributed by atoms with Crippen LogP contribution in [0.4, 0.5) is 0 Å². The van der Waals surface area contributed by atoms with Crippen LogP contribution in [0.2, 0.25) is 0 Å². The monoisotopic (exact) mass is 208 g/mol. The van der Waals surface area contributed by atoms with Crippen LogP contribution in [0.1, 0.15) is 10.6 Å². The molecule has 1 fully saturated rings. The second-order valence-electron chi connectivity index (χ2n) is 2.98. The predicted octanol–water partition coefficient (Wildman–Crippen LogP) is -1.44. The number of tetrazole rings is 1. The second-order valence-corrected chi connectivity index (χ2v) is 2.98. The van der Waals surface area contributed by atoms with Crippen molar-refractivity contribution in [2.24, 2.45) is 0 Å². The van der Waals surface area contributed by atoms with Crippen LogP contribution in [0, 0.1) is 11.3 Å². The maximum atomic E-state index is 11.7. The first-order valence-electron chi connectivity index (χ1n) is 4.35. The van der Waals surface area contributed by atoms with Gasteiger partial charge in [0.2, 0.25) is 0 Å². The number of nitrogens with zero attached hydrogens (tertiary/aromatic N) is 5. The molecule has 1 aromatic heterocycles. The van der Waals surface area contributed by atoms with Crippen LogP contribution in [0.5, 0.6) is 0 Å². The summed E-state index contributed by atoms with van der Waals surface area (Å²) in [6.07, 6.45) is -0.574. The van der Waals surface area contributed by atoms with Crippen LogP contribution in [0.15, 0.2) is 0 Å². The first kappa shape index (κ1) is 9.54. The number of hydrogen-bond donors (Lipinski definition) is 1. The molecular weight excluding hydrogens is 200 g/mol. The van der Waals surface area contributed by atoms with Crippen molar-refractivity contribution < 1.29 is 9.53 Å². The van der Waals surface area contributed by atoms with E-state index in [0.29, 0.717) is 13.2 Å². The largest absolute Gasteiger partial charge is 0.360 e. The number of morpholine rings is 1. The van der Waals surface area contributed by atoms with Gasteiger partial charge in [0, 0.05) is 6.54 Å². The van der Waals surface area contributed by atoms with Gasteiger partial charge < -0.3 is 9.64 Å². The van der Waals surface area contributed by atoms with Crippen molar-refractivity contribution in [2.45, 2.75) is 6.10 Å². The molecule has 8 nitrogen and oxygen atoms in total. The van der Waals surface area contributed by atoms with E-state index < -0.39 is 6.10 Å². The number of amides is 1. The van der Waals surface area contributed by atoms with Gasteiger partial charge in [-0.3, -0.25) is 4.79 Å². The number of hydrogen-bond acceptors (Lipinski definition) is 6. The molecule has 1 aliphatic heterocycles. The highest BCUT2D eigenvalue weighted by Crippen LogP contribution is 2.06. The van der Waals surface area contributed by atoms with Gasteiger partial charge in [0.15, 0.2) is 6.10 Å². The zero-order valence-corrected chi connectivity index (χ0v) is 7.75. The lowest BCUT2D eigenvalue weighted by atomic mass is 10.3. The minimum absolute atomic E-state index is 0.00795. The van der Waals surface area contributed by atoms with Crippen LogP contribution in [0.3, 0.4) is 0 Å². The van der Waals surface area contributed by atoms with E-state index in [4.69, 9.17) is 10.00 Å². The molecular formula is C7H8N6O2. The van der Waals surface area contributed by atoms with E-state index in [-0.39, 0.29) is 18.3 Å². The Labute approximate surface area is 84.8 Å². The smallest absolute Gasteiger partial charge is 0.295 e. The number of H-pyrrole nitrogens is 1. The molecule has 1 unspecified atom stereocenters. The summed E-state index contributed by atoms with van der Waals surface area (Å²) in [6.45, 7) is 1.03. The SMILES string of the molecule is N#CC1CN(C(=O)c2nn[nH]n2)CCO1. The average Bonchev–Trinajstić information content (AvgIpc) is 2.81. The van der Waals surface area contributed by atoms with E-state index >= 15 is 0 Å². The van der Waals surface area contributed by atoms with Gasteiger partial charge in [-0.2, -0.15) is 10.5 Å². The molecule has 0 aromatic carbocycles. The summed E-state index contributed by atoms with van der Waals surface area (Å²) >= 11 is 0. The molecule has 1 saturated heterocycles. The molecule has 8 heteroatoms. The fourth-order valence-corrected chi connectivity index (χ4v) is 1.31. The van der Waals surface area contributed by atoms with E-state index in [9.17, 15) is 4.79 Å². The van der Waals surface area contributed by atoms with E-state index in [0.717, 1.165) is 0 Å². The molecule has 1 aromatic rings. The van der Waals surface area contributed by atoms with Crippen LogP contribution in [0.25, 0.3) is 0 Å². The van der Waals surface area contributed by atoms with Gasteiger partial charge in [0.25, 0.3) is 11.7 Å². The molecule has 1 aliphatic rings. The Morgan fingerprint density at radius 3 is 3.27 bits per heavy atom. The normalized spacial score (nSPS) is 21.0. The predicted molar refractivity (Wildman–Crippen MR) is 45.4 cm³/mol. The summed E-state index contributed by atoms with van der Waals surface area (Å²) in [4.78, 5) is 13.2. The molecule has 0 radical (unpaired) electrons. The maximum Gasteiger partial charge on any atom is 0.295 e. The number of nitrogens with one attached hydrogen (secondary N) is 1. The van der Waals surface area contributed by atoms with Gasteiger partial charge in [-0.25, -0.2) is 0 Å². The number of rotatable bonds is 1. The van der Waals surface area contributed by atoms with Gasteiger partial charge in [0.05, 0.1) is 19.2 Å². The van der Waals surface area contributed by atoms with Gasteiger partial charge >= 0.3 is 0 Å². The molecule has 15 heavy (non-hydrogen) atoms. The molecule has 1 N–H and O–H groups in total. The van der Waals surface area contributed by atoms with Crippen molar-refractivity contribution >= 4 is 5.91 Å². The zero-order chi connectivity index (χ0) is 10.7. The topological polar surface area (TPSA) is 108 Å². The highest BCUT2D eigenvalue weighted by molar-refractivity contribution is 5.90. The van der Waals surface area contributed by atoms with Crippen molar-refractivity contribution in [2.75, 3.05) is 19.7 Å². The minimum Gasteiger partial charge on any atom is -0.360 e. The number of nitriles is 1. The molecule has 0 saturated carbocycles. The first-order valence-corrected chi connectivity index (χ1v) is 4.35. The van der Waals surface area contributed by atoms with E-state index in [1.807, 2.05) is 6.07 Å². The summed E-state index contributed by atoms with van der Waals surface area (Å²) in [5.74, 6) is -0.333. The third-order valence-electron chi connectivity index (χ3n) is 2.03. The molecule has 1 amide bonds. The summed E-state index contributed by atoms with van der Waals surface area (Å²) in [6, 6.07) is 1.95. The Hall–Kier alpha value is -2.01.